The number of carboxylic acids is 1. The number of nitrogens with zero attached hydrogens (tertiary/aromatic N) is 4. The molecule has 1 aliphatic rings. The molecule has 9 nitrogen and oxygen atoms in total. The van der Waals surface area contributed by atoms with Gasteiger partial charge in [-0.05, 0) is 56.7 Å². The Kier molecular flexibility index (Phi) is 7.98. The van der Waals surface area contributed by atoms with E-state index in [4.69, 9.17) is 4.74 Å². The van der Waals surface area contributed by atoms with Gasteiger partial charge in [0.05, 0.1) is 16.7 Å². The standard InChI is InChI=1S/C27H28N4O5S/c1-17-23(26(33)34)24(22-16-37-18(2)29-22)31(27(35)28-17)15-7-14-30(3)25(32)19-10-12-21(13-11-19)36-20-8-5-4-6-9-20/h4-6,8-13,16,23-24H,7,14-15H2,1-3H3,(H,33,34). The van der Waals surface area contributed by atoms with Gasteiger partial charge >= 0.3 is 12.0 Å². The number of aromatic nitrogens is 1. The summed E-state index contributed by atoms with van der Waals surface area (Å²) in [5, 5.41) is 12.4. The summed E-state index contributed by atoms with van der Waals surface area (Å²) in [6.07, 6.45) is 0.448. The number of benzene rings is 2. The third-order valence-corrected chi connectivity index (χ3v) is 6.94. The summed E-state index contributed by atoms with van der Waals surface area (Å²) in [6.45, 7) is 4.00. The van der Waals surface area contributed by atoms with Crippen LogP contribution < -0.4 is 4.74 Å². The van der Waals surface area contributed by atoms with E-state index in [2.05, 4.69) is 9.98 Å². The largest absolute Gasteiger partial charge is 0.481 e. The summed E-state index contributed by atoms with van der Waals surface area (Å²) in [5.41, 5.74) is 1.31. The van der Waals surface area contributed by atoms with E-state index in [-0.39, 0.29) is 18.2 Å². The first-order valence-corrected chi connectivity index (χ1v) is 12.7. The Bertz CT molecular complexity index is 1310. The Labute approximate surface area is 219 Å². The Morgan fingerprint density at radius 1 is 1.08 bits per heavy atom. The lowest BCUT2D eigenvalue weighted by molar-refractivity contribution is -0.141. The minimum Gasteiger partial charge on any atom is -0.481 e. The van der Waals surface area contributed by atoms with Crippen LogP contribution in [-0.4, -0.2) is 63.6 Å². The van der Waals surface area contributed by atoms with Crippen molar-refractivity contribution in [3.05, 3.63) is 76.2 Å². The Morgan fingerprint density at radius 2 is 1.76 bits per heavy atom. The number of hydrogen-bond acceptors (Lipinski definition) is 6. The number of aliphatic carboxylic acids is 1. The molecule has 0 aliphatic carbocycles. The number of para-hydroxylation sites is 1. The maximum absolute atomic E-state index is 12.9. The van der Waals surface area contributed by atoms with Gasteiger partial charge in [-0.1, -0.05) is 18.2 Å². The van der Waals surface area contributed by atoms with Crippen LogP contribution in [0.25, 0.3) is 0 Å². The monoisotopic (exact) mass is 520 g/mol. The van der Waals surface area contributed by atoms with Crippen molar-refractivity contribution in [2.24, 2.45) is 10.9 Å². The first kappa shape index (κ1) is 26.0. The molecule has 1 N–H and O–H groups in total. The van der Waals surface area contributed by atoms with Gasteiger partial charge in [0, 0.05) is 36.8 Å². The van der Waals surface area contributed by atoms with Gasteiger partial charge in [0.15, 0.2) is 0 Å². The van der Waals surface area contributed by atoms with Gasteiger partial charge in [-0.2, -0.15) is 0 Å². The molecule has 192 valence electrons. The fraction of sp³-hybridized carbons (Fsp3) is 0.296. The Balaban J connectivity index is 1.39. The number of carbonyl (C=O) groups excluding carboxylic acids is 2. The number of carboxylic acid groups (broad SMARTS) is 1. The first-order valence-electron chi connectivity index (χ1n) is 11.8. The summed E-state index contributed by atoms with van der Waals surface area (Å²) < 4.78 is 5.78. The molecule has 3 aromatic rings. The number of rotatable bonds is 9. The van der Waals surface area contributed by atoms with Gasteiger partial charge in [-0.25, -0.2) is 14.8 Å². The molecule has 3 amide bonds. The lowest BCUT2D eigenvalue weighted by Gasteiger charge is -2.37. The van der Waals surface area contributed by atoms with Crippen LogP contribution in [0.5, 0.6) is 11.5 Å². The van der Waals surface area contributed by atoms with E-state index in [9.17, 15) is 19.5 Å². The van der Waals surface area contributed by atoms with Crippen LogP contribution in [0.3, 0.4) is 0 Å². The first-order chi connectivity index (χ1) is 17.7. The van der Waals surface area contributed by atoms with E-state index in [1.165, 1.54) is 16.2 Å². The molecule has 1 aromatic heterocycles. The number of aliphatic imine (C=N–C) groups is 1. The molecular formula is C27H28N4O5S. The lowest BCUT2D eigenvalue weighted by atomic mass is 9.90. The second kappa shape index (κ2) is 11.3. The normalized spacial score (nSPS) is 17.3. The van der Waals surface area contributed by atoms with Crippen molar-refractivity contribution < 1.29 is 24.2 Å². The summed E-state index contributed by atoms with van der Waals surface area (Å²) in [7, 11) is 1.69. The van der Waals surface area contributed by atoms with Gasteiger partial charge in [0.1, 0.15) is 17.4 Å². The van der Waals surface area contributed by atoms with Crippen LogP contribution in [0.15, 0.2) is 65.0 Å². The van der Waals surface area contributed by atoms with Crippen molar-refractivity contribution in [2.75, 3.05) is 20.1 Å². The fourth-order valence-corrected chi connectivity index (χ4v) is 4.94. The average Bonchev–Trinajstić information content (AvgIpc) is 3.31. The number of carbonyl (C=O) groups is 3. The summed E-state index contributed by atoms with van der Waals surface area (Å²) in [4.78, 5) is 49.2. The zero-order chi connectivity index (χ0) is 26.5. The summed E-state index contributed by atoms with van der Waals surface area (Å²) in [5.74, 6) is -0.861. The minimum absolute atomic E-state index is 0.166. The molecule has 0 bridgehead atoms. The molecule has 2 aromatic carbocycles. The minimum atomic E-state index is -1.05. The third-order valence-electron chi connectivity index (χ3n) is 6.14. The number of aryl methyl sites for hydroxylation is 1. The highest BCUT2D eigenvalue weighted by atomic mass is 32.1. The lowest BCUT2D eigenvalue weighted by Crippen LogP contribution is -2.47. The molecule has 0 radical (unpaired) electrons. The van der Waals surface area contributed by atoms with Crippen LogP contribution in [0, 0.1) is 12.8 Å². The van der Waals surface area contributed by atoms with E-state index in [1.807, 2.05) is 37.3 Å². The van der Waals surface area contributed by atoms with E-state index < -0.39 is 24.0 Å². The van der Waals surface area contributed by atoms with Crippen LogP contribution in [0.2, 0.25) is 0 Å². The van der Waals surface area contributed by atoms with Crippen molar-refractivity contribution in [1.82, 2.24) is 14.8 Å². The SMILES string of the molecule is CC1=NC(=O)N(CCCN(C)C(=O)c2ccc(Oc3ccccc3)cc2)C(c2csc(C)n2)C1C(=O)O. The maximum Gasteiger partial charge on any atom is 0.344 e. The van der Waals surface area contributed by atoms with E-state index >= 15 is 0 Å². The van der Waals surface area contributed by atoms with Crippen molar-refractivity contribution in [2.45, 2.75) is 26.3 Å². The smallest absolute Gasteiger partial charge is 0.344 e. The van der Waals surface area contributed by atoms with Crippen LogP contribution in [0.1, 0.15) is 40.4 Å². The molecule has 1 aliphatic heterocycles. The van der Waals surface area contributed by atoms with Crippen molar-refractivity contribution in [3.63, 3.8) is 0 Å². The predicted molar refractivity (Wildman–Crippen MR) is 140 cm³/mol. The second-order valence-corrected chi connectivity index (χ2v) is 9.86. The van der Waals surface area contributed by atoms with Gasteiger partial charge in [-0.3, -0.25) is 9.59 Å². The number of amides is 3. The second-order valence-electron chi connectivity index (χ2n) is 8.80. The molecular weight excluding hydrogens is 492 g/mol. The van der Waals surface area contributed by atoms with Gasteiger partial charge in [-0.15, -0.1) is 11.3 Å². The fourth-order valence-electron chi connectivity index (χ4n) is 4.30. The molecule has 37 heavy (non-hydrogen) atoms. The van der Waals surface area contributed by atoms with Gasteiger partial charge < -0.3 is 19.6 Å². The van der Waals surface area contributed by atoms with Gasteiger partial charge in [0.2, 0.25) is 0 Å². The average molecular weight is 521 g/mol. The van der Waals surface area contributed by atoms with Gasteiger partial charge in [0.25, 0.3) is 5.91 Å². The highest BCUT2D eigenvalue weighted by molar-refractivity contribution is 7.09. The Hall–Kier alpha value is -4.05. The van der Waals surface area contributed by atoms with E-state index in [0.717, 1.165) is 5.01 Å². The molecule has 0 spiro atoms. The molecule has 2 atom stereocenters. The number of ether oxygens (including phenoxy) is 1. The highest BCUT2D eigenvalue weighted by Crippen LogP contribution is 2.35. The molecule has 0 saturated heterocycles. The number of hydrogen-bond donors (Lipinski definition) is 1. The third kappa shape index (κ3) is 6.03. The molecule has 2 unspecified atom stereocenters. The zero-order valence-corrected chi connectivity index (χ0v) is 21.6. The van der Waals surface area contributed by atoms with Crippen molar-refractivity contribution in [3.8, 4) is 11.5 Å². The van der Waals surface area contributed by atoms with Crippen LogP contribution in [0.4, 0.5) is 4.79 Å². The maximum atomic E-state index is 12.9. The van der Waals surface area contributed by atoms with E-state index in [1.54, 1.807) is 48.5 Å². The van der Waals surface area contributed by atoms with Crippen molar-refractivity contribution in [1.29, 1.82) is 0 Å². The van der Waals surface area contributed by atoms with Crippen LogP contribution >= 0.6 is 11.3 Å². The molecule has 0 saturated carbocycles. The predicted octanol–water partition coefficient (Wildman–Crippen LogP) is 5.04. The van der Waals surface area contributed by atoms with Crippen molar-refractivity contribution >= 4 is 35.0 Å². The number of thiazole rings is 1. The quantitative estimate of drug-likeness (QED) is 0.423. The topological polar surface area (TPSA) is 112 Å². The molecule has 0 fully saturated rings. The molecule has 4 rings (SSSR count). The highest BCUT2D eigenvalue weighted by Gasteiger charge is 2.43. The molecule has 10 heteroatoms. The molecule has 2 heterocycles. The Morgan fingerprint density at radius 3 is 2.38 bits per heavy atom. The van der Waals surface area contributed by atoms with Crippen LogP contribution in [-0.2, 0) is 4.79 Å². The van der Waals surface area contributed by atoms with E-state index in [0.29, 0.717) is 35.7 Å². The summed E-state index contributed by atoms with van der Waals surface area (Å²) in [6, 6.07) is 15.0. The number of urea groups is 1. The zero-order valence-electron chi connectivity index (χ0n) is 20.8. The summed E-state index contributed by atoms with van der Waals surface area (Å²) >= 11 is 1.40.